The van der Waals surface area contributed by atoms with Crippen LogP contribution in [0.1, 0.15) is 18.2 Å². The molecule has 1 saturated heterocycles. The van der Waals surface area contributed by atoms with Gasteiger partial charge in [-0.1, -0.05) is 5.92 Å². The van der Waals surface area contributed by atoms with Gasteiger partial charge in [-0.25, -0.2) is 15.0 Å². The molecule has 0 amide bonds. The van der Waals surface area contributed by atoms with E-state index in [0.717, 1.165) is 22.6 Å². The lowest BCUT2D eigenvalue weighted by Gasteiger charge is -2.53. The maximum absolute atomic E-state index is 6.06. The molecule has 136 valence electrons. The quantitative estimate of drug-likeness (QED) is 0.773. The third-order valence-electron chi connectivity index (χ3n) is 5.51. The van der Waals surface area contributed by atoms with E-state index in [9.17, 15) is 0 Å². The van der Waals surface area contributed by atoms with Gasteiger partial charge < -0.3 is 19.9 Å². The van der Waals surface area contributed by atoms with Gasteiger partial charge in [-0.3, -0.25) is 0 Å². The highest BCUT2D eigenvalue weighted by atomic mass is 16.5. The predicted molar refractivity (Wildman–Crippen MR) is 98.0 cm³/mol. The van der Waals surface area contributed by atoms with Crippen LogP contribution in [0.25, 0.3) is 11.3 Å². The fraction of sp³-hybridized carbons (Fsp3) is 0.350. The van der Waals surface area contributed by atoms with E-state index in [-0.39, 0.29) is 11.4 Å². The van der Waals surface area contributed by atoms with E-state index in [1.165, 1.54) is 6.33 Å². The molecule has 2 spiro atoms. The molecule has 1 unspecified atom stereocenters. The summed E-state index contributed by atoms with van der Waals surface area (Å²) in [6.07, 6.45) is 1.52. The molecule has 7 nitrogen and oxygen atoms in total. The summed E-state index contributed by atoms with van der Waals surface area (Å²) in [6, 6.07) is 8.08. The van der Waals surface area contributed by atoms with Gasteiger partial charge in [-0.15, -0.1) is 0 Å². The number of aromatic nitrogens is 2. The molecule has 0 radical (unpaired) electrons. The molecule has 2 aromatic rings. The molecule has 1 fully saturated rings. The first-order valence-electron chi connectivity index (χ1n) is 8.74. The van der Waals surface area contributed by atoms with Gasteiger partial charge in [0.25, 0.3) is 6.02 Å². The van der Waals surface area contributed by atoms with E-state index in [1.807, 2.05) is 18.2 Å². The first-order valence-corrected chi connectivity index (χ1v) is 8.74. The second-order valence-electron chi connectivity index (χ2n) is 7.04. The molecule has 4 heterocycles. The van der Waals surface area contributed by atoms with Gasteiger partial charge in [0.1, 0.15) is 36.5 Å². The Morgan fingerprint density at radius 1 is 1.07 bits per heavy atom. The summed E-state index contributed by atoms with van der Waals surface area (Å²) in [4.78, 5) is 13.3. The molecule has 0 aliphatic carbocycles. The SMILES string of the molecule is CC#Cc1cc(-c2ccc3c(c2)C2(COC(N)=N2)C2(COC2)CO3)ncn1. The van der Waals surface area contributed by atoms with E-state index in [2.05, 4.69) is 27.9 Å². The zero-order valence-corrected chi connectivity index (χ0v) is 14.9. The summed E-state index contributed by atoms with van der Waals surface area (Å²) >= 11 is 0. The molecule has 3 aliphatic heterocycles. The number of fused-ring (bicyclic) bond motifs is 3. The Labute approximate surface area is 156 Å². The molecule has 1 aromatic heterocycles. The Bertz CT molecular complexity index is 1020. The third-order valence-corrected chi connectivity index (χ3v) is 5.51. The van der Waals surface area contributed by atoms with Crippen molar-refractivity contribution >= 4 is 6.02 Å². The molecule has 3 aliphatic rings. The lowest BCUT2D eigenvalue weighted by atomic mass is 9.64. The molecule has 27 heavy (non-hydrogen) atoms. The van der Waals surface area contributed by atoms with Crippen LogP contribution >= 0.6 is 0 Å². The third kappa shape index (κ3) is 2.23. The lowest BCUT2D eigenvalue weighted by Crippen LogP contribution is -2.63. The summed E-state index contributed by atoms with van der Waals surface area (Å²) in [7, 11) is 0. The molecule has 0 bridgehead atoms. The Morgan fingerprint density at radius 3 is 2.67 bits per heavy atom. The van der Waals surface area contributed by atoms with Gasteiger partial charge in [0.05, 0.1) is 24.3 Å². The zero-order chi connectivity index (χ0) is 18.5. The second-order valence-corrected chi connectivity index (χ2v) is 7.04. The standard InChI is InChI=1S/C20H18N4O3/c1-2-3-14-7-16(23-12-22-14)13-4-5-17-15(6-13)20(11-27-18(21)24-20)19(10-26-17)8-25-9-19/h4-7,12H,8-11H2,1H3,(H2,21,24). The number of ether oxygens (including phenoxy) is 3. The normalized spacial score (nSPS) is 24.1. The molecule has 7 heteroatoms. The average molecular weight is 362 g/mol. The van der Waals surface area contributed by atoms with Gasteiger partial charge in [-0.2, -0.15) is 0 Å². The van der Waals surface area contributed by atoms with Gasteiger partial charge in [-0.05, 0) is 37.1 Å². The minimum atomic E-state index is -0.599. The molecule has 1 aromatic carbocycles. The van der Waals surface area contributed by atoms with E-state index in [1.54, 1.807) is 6.92 Å². The number of hydrogen-bond acceptors (Lipinski definition) is 7. The van der Waals surface area contributed by atoms with Crippen molar-refractivity contribution in [2.75, 3.05) is 26.4 Å². The smallest absolute Gasteiger partial charge is 0.283 e. The number of benzene rings is 1. The summed E-state index contributed by atoms with van der Waals surface area (Å²) in [5, 5.41) is 0. The summed E-state index contributed by atoms with van der Waals surface area (Å²) in [5.41, 5.74) is 8.42. The Hall–Kier alpha value is -3.11. The van der Waals surface area contributed by atoms with Gasteiger partial charge >= 0.3 is 0 Å². The highest BCUT2D eigenvalue weighted by Crippen LogP contribution is 2.56. The molecular weight excluding hydrogens is 344 g/mol. The number of rotatable bonds is 1. The second kappa shape index (κ2) is 5.69. The van der Waals surface area contributed by atoms with E-state index in [4.69, 9.17) is 24.9 Å². The fourth-order valence-corrected chi connectivity index (χ4v) is 3.98. The number of aliphatic imine (C=N–C) groups is 1. The maximum atomic E-state index is 6.06. The number of nitrogens with two attached hydrogens (primary N) is 1. The van der Waals surface area contributed by atoms with Crippen molar-refractivity contribution in [3.63, 3.8) is 0 Å². The Morgan fingerprint density at radius 2 is 1.96 bits per heavy atom. The highest BCUT2D eigenvalue weighted by Gasteiger charge is 2.63. The van der Waals surface area contributed by atoms with Gasteiger partial charge in [0.15, 0.2) is 0 Å². The molecule has 5 rings (SSSR count). The minimum absolute atomic E-state index is 0.210. The molecule has 1 atom stereocenters. The van der Waals surface area contributed by atoms with Crippen LogP contribution < -0.4 is 10.5 Å². The maximum Gasteiger partial charge on any atom is 0.283 e. The van der Waals surface area contributed by atoms with Crippen LogP contribution in [0.5, 0.6) is 5.75 Å². The van der Waals surface area contributed by atoms with Crippen molar-refractivity contribution in [2.24, 2.45) is 16.1 Å². The van der Waals surface area contributed by atoms with Crippen LogP contribution in [0, 0.1) is 17.3 Å². The van der Waals surface area contributed by atoms with Gasteiger partial charge in [0.2, 0.25) is 0 Å². The summed E-state index contributed by atoms with van der Waals surface area (Å²) in [6.45, 7) is 3.84. The highest BCUT2D eigenvalue weighted by molar-refractivity contribution is 5.75. The van der Waals surface area contributed by atoms with Crippen molar-refractivity contribution in [3.05, 3.63) is 41.9 Å². The van der Waals surface area contributed by atoms with Crippen molar-refractivity contribution < 1.29 is 14.2 Å². The first kappa shape index (κ1) is 16.1. The lowest BCUT2D eigenvalue weighted by molar-refractivity contribution is -0.184. The van der Waals surface area contributed by atoms with Crippen molar-refractivity contribution in [2.45, 2.75) is 12.5 Å². The Balaban J connectivity index is 1.66. The minimum Gasteiger partial charge on any atom is -0.492 e. The van der Waals surface area contributed by atoms with E-state index >= 15 is 0 Å². The molecule has 0 saturated carbocycles. The number of nitrogens with zero attached hydrogens (tertiary/aromatic N) is 3. The monoisotopic (exact) mass is 362 g/mol. The average Bonchev–Trinajstić information content (AvgIpc) is 3.04. The van der Waals surface area contributed by atoms with Crippen LogP contribution in [0.15, 0.2) is 35.6 Å². The summed E-state index contributed by atoms with van der Waals surface area (Å²) < 4.78 is 17.2. The van der Waals surface area contributed by atoms with Crippen LogP contribution in [-0.4, -0.2) is 42.4 Å². The first-order chi connectivity index (χ1) is 13.2. The van der Waals surface area contributed by atoms with Crippen LogP contribution in [0.3, 0.4) is 0 Å². The zero-order valence-electron chi connectivity index (χ0n) is 14.9. The molecular formula is C20H18N4O3. The van der Waals surface area contributed by atoms with Crippen molar-refractivity contribution in [1.82, 2.24) is 9.97 Å². The Kier molecular flexibility index (Phi) is 3.39. The van der Waals surface area contributed by atoms with Crippen LogP contribution in [0.2, 0.25) is 0 Å². The summed E-state index contributed by atoms with van der Waals surface area (Å²) in [5.74, 6) is 6.62. The van der Waals surface area contributed by atoms with Gasteiger partial charge in [0, 0.05) is 11.1 Å². The van der Waals surface area contributed by atoms with Crippen LogP contribution in [0.4, 0.5) is 0 Å². The van der Waals surface area contributed by atoms with E-state index < -0.39 is 5.54 Å². The fourth-order valence-electron chi connectivity index (χ4n) is 3.98. The van der Waals surface area contributed by atoms with Crippen molar-refractivity contribution in [1.29, 1.82) is 0 Å². The molecule has 2 N–H and O–H groups in total. The largest absolute Gasteiger partial charge is 0.492 e. The number of hydrogen-bond donors (Lipinski definition) is 1. The number of amidine groups is 1. The van der Waals surface area contributed by atoms with Crippen molar-refractivity contribution in [3.8, 4) is 28.8 Å². The topological polar surface area (TPSA) is 91.9 Å². The predicted octanol–water partition coefficient (Wildman–Crippen LogP) is 1.46. The van der Waals surface area contributed by atoms with Crippen LogP contribution in [-0.2, 0) is 15.0 Å². The van der Waals surface area contributed by atoms with E-state index in [0.29, 0.717) is 32.1 Å².